The molecule has 5 nitrogen and oxygen atoms in total. The number of nitrogens with zero attached hydrogens (tertiary/aromatic N) is 1. The predicted octanol–water partition coefficient (Wildman–Crippen LogP) is 2.68. The molecule has 0 atom stereocenters. The van der Waals surface area contributed by atoms with E-state index in [0.29, 0.717) is 30.3 Å². The number of ether oxygens (including phenoxy) is 3. The summed E-state index contributed by atoms with van der Waals surface area (Å²) in [4.78, 5) is 2.10. The van der Waals surface area contributed by atoms with Gasteiger partial charge < -0.3 is 24.2 Å². The first-order valence-electron chi connectivity index (χ1n) is 7.12. The zero-order valence-electron chi connectivity index (χ0n) is 12.7. The second kappa shape index (κ2) is 6.15. The van der Waals surface area contributed by atoms with Gasteiger partial charge in [-0.05, 0) is 24.3 Å². The first-order chi connectivity index (χ1) is 10.7. The molecular weight excluding hydrogens is 282 g/mol. The highest BCUT2D eigenvalue weighted by atomic mass is 16.5. The van der Waals surface area contributed by atoms with E-state index in [-0.39, 0.29) is 6.10 Å². The third-order valence-corrected chi connectivity index (χ3v) is 3.64. The van der Waals surface area contributed by atoms with Gasteiger partial charge in [0.25, 0.3) is 0 Å². The number of hydrogen-bond acceptors (Lipinski definition) is 5. The summed E-state index contributed by atoms with van der Waals surface area (Å²) < 4.78 is 16.4. The molecule has 22 heavy (non-hydrogen) atoms. The first kappa shape index (κ1) is 14.5. The number of aliphatic hydroxyl groups excluding tert-OH is 1. The average molecular weight is 301 g/mol. The molecule has 0 spiro atoms. The highest BCUT2D eigenvalue weighted by Crippen LogP contribution is 2.34. The lowest BCUT2D eigenvalue weighted by atomic mass is 10.1. The largest absolute Gasteiger partial charge is 0.493 e. The second-order valence-electron chi connectivity index (χ2n) is 5.18. The molecule has 0 aliphatic carbocycles. The van der Waals surface area contributed by atoms with Crippen molar-refractivity contribution in [2.24, 2.45) is 0 Å². The minimum atomic E-state index is -0.226. The van der Waals surface area contributed by atoms with E-state index in [4.69, 9.17) is 14.2 Å². The third kappa shape index (κ3) is 2.94. The van der Waals surface area contributed by atoms with Crippen molar-refractivity contribution in [1.82, 2.24) is 0 Å². The molecule has 5 heteroatoms. The molecule has 0 unspecified atom stereocenters. The van der Waals surface area contributed by atoms with E-state index in [2.05, 4.69) is 4.90 Å². The quantitative estimate of drug-likeness (QED) is 0.920. The van der Waals surface area contributed by atoms with Crippen molar-refractivity contribution in [3.05, 3.63) is 42.5 Å². The highest BCUT2D eigenvalue weighted by molar-refractivity contribution is 5.54. The van der Waals surface area contributed by atoms with Gasteiger partial charge in [-0.2, -0.15) is 0 Å². The fourth-order valence-electron chi connectivity index (χ4n) is 2.43. The smallest absolute Gasteiger partial charge is 0.164 e. The lowest BCUT2D eigenvalue weighted by Crippen LogP contribution is -2.50. The molecule has 1 fully saturated rings. The van der Waals surface area contributed by atoms with E-state index in [1.54, 1.807) is 20.3 Å². The zero-order valence-corrected chi connectivity index (χ0v) is 12.7. The lowest BCUT2D eigenvalue weighted by Gasteiger charge is -2.37. The highest BCUT2D eigenvalue weighted by Gasteiger charge is 2.24. The summed E-state index contributed by atoms with van der Waals surface area (Å²) in [5.74, 6) is 2.71. The summed E-state index contributed by atoms with van der Waals surface area (Å²) in [5.41, 5.74) is 1.04. The van der Waals surface area contributed by atoms with Crippen LogP contribution in [0.4, 0.5) is 5.69 Å². The van der Waals surface area contributed by atoms with Crippen molar-refractivity contribution in [3.63, 3.8) is 0 Å². The fraction of sp³-hybridized carbons (Fsp3) is 0.294. The third-order valence-electron chi connectivity index (χ3n) is 3.64. The van der Waals surface area contributed by atoms with E-state index in [1.807, 2.05) is 36.4 Å². The Bertz CT molecular complexity index is 653. The number of hydrogen-bond donors (Lipinski definition) is 1. The normalized spacial score (nSPS) is 14.4. The molecule has 1 aliphatic rings. The van der Waals surface area contributed by atoms with E-state index in [0.717, 1.165) is 11.4 Å². The SMILES string of the molecule is COc1ccc(Oc2cccc(N3CC(O)C3)c2)cc1OC. The van der Waals surface area contributed by atoms with Gasteiger partial charge in [-0.15, -0.1) is 0 Å². The molecule has 1 heterocycles. The van der Waals surface area contributed by atoms with Crippen molar-refractivity contribution < 1.29 is 19.3 Å². The van der Waals surface area contributed by atoms with Gasteiger partial charge in [0.2, 0.25) is 0 Å². The molecule has 0 saturated carbocycles. The Morgan fingerprint density at radius 3 is 2.36 bits per heavy atom. The Hall–Kier alpha value is -2.40. The topological polar surface area (TPSA) is 51.2 Å². The standard InChI is InChI=1S/C17H19NO4/c1-20-16-7-6-15(9-17(16)21-2)22-14-5-3-4-12(8-14)18-10-13(19)11-18/h3-9,13,19H,10-11H2,1-2H3. The summed E-state index contributed by atoms with van der Waals surface area (Å²) in [6.45, 7) is 1.33. The Balaban J connectivity index is 1.77. The number of aliphatic hydroxyl groups is 1. The Morgan fingerprint density at radius 1 is 0.955 bits per heavy atom. The molecule has 1 saturated heterocycles. The number of β-amino-alcohol motifs (C(OH)–C–C–N with tert-alkyl or cyclic N) is 1. The van der Waals surface area contributed by atoms with E-state index >= 15 is 0 Å². The van der Waals surface area contributed by atoms with Crippen molar-refractivity contribution in [3.8, 4) is 23.0 Å². The van der Waals surface area contributed by atoms with Crippen LogP contribution in [0.5, 0.6) is 23.0 Å². The monoisotopic (exact) mass is 301 g/mol. The van der Waals surface area contributed by atoms with Gasteiger partial charge in [-0.25, -0.2) is 0 Å². The lowest BCUT2D eigenvalue weighted by molar-refractivity contribution is 0.142. The summed E-state index contributed by atoms with van der Waals surface area (Å²) in [7, 11) is 3.20. The summed E-state index contributed by atoms with van der Waals surface area (Å²) in [6, 6.07) is 13.2. The van der Waals surface area contributed by atoms with Gasteiger partial charge in [0, 0.05) is 30.9 Å². The minimum absolute atomic E-state index is 0.226. The molecule has 0 aromatic heterocycles. The number of rotatable bonds is 5. The summed E-state index contributed by atoms with van der Waals surface area (Å²) in [5, 5.41) is 9.39. The molecule has 2 aromatic carbocycles. The molecule has 3 rings (SSSR count). The van der Waals surface area contributed by atoms with E-state index in [9.17, 15) is 5.11 Å². The van der Waals surface area contributed by atoms with Crippen molar-refractivity contribution in [2.45, 2.75) is 6.10 Å². The van der Waals surface area contributed by atoms with Gasteiger partial charge in [0.15, 0.2) is 11.5 Å². The maximum absolute atomic E-state index is 9.39. The van der Waals surface area contributed by atoms with Crippen LogP contribution >= 0.6 is 0 Å². The Kier molecular flexibility index (Phi) is 4.06. The van der Waals surface area contributed by atoms with Crippen LogP contribution in [-0.4, -0.2) is 38.5 Å². The number of anilines is 1. The maximum atomic E-state index is 9.39. The van der Waals surface area contributed by atoms with Crippen molar-refractivity contribution in [2.75, 3.05) is 32.2 Å². The van der Waals surface area contributed by atoms with Crippen molar-refractivity contribution in [1.29, 1.82) is 0 Å². The van der Waals surface area contributed by atoms with Gasteiger partial charge in [-0.3, -0.25) is 0 Å². The summed E-state index contributed by atoms with van der Waals surface area (Å²) in [6.07, 6.45) is -0.226. The van der Waals surface area contributed by atoms with Gasteiger partial charge in [0.05, 0.1) is 20.3 Å². The molecule has 0 bridgehead atoms. The first-order valence-corrected chi connectivity index (χ1v) is 7.12. The average Bonchev–Trinajstić information content (AvgIpc) is 2.52. The van der Waals surface area contributed by atoms with Crippen LogP contribution in [0.1, 0.15) is 0 Å². The van der Waals surface area contributed by atoms with Crippen LogP contribution in [0.15, 0.2) is 42.5 Å². The minimum Gasteiger partial charge on any atom is -0.493 e. The predicted molar refractivity (Wildman–Crippen MR) is 84.3 cm³/mol. The van der Waals surface area contributed by atoms with Crippen LogP contribution in [0.3, 0.4) is 0 Å². The molecule has 1 N–H and O–H groups in total. The van der Waals surface area contributed by atoms with E-state index in [1.165, 1.54) is 0 Å². The van der Waals surface area contributed by atoms with Gasteiger partial charge >= 0.3 is 0 Å². The molecule has 0 amide bonds. The Morgan fingerprint density at radius 2 is 1.68 bits per heavy atom. The van der Waals surface area contributed by atoms with Crippen LogP contribution in [0.25, 0.3) is 0 Å². The van der Waals surface area contributed by atoms with Crippen LogP contribution in [0, 0.1) is 0 Å². The Labute approximate surface area is 129 Å². The molecule has 2 aromatic rings. The van der Waals surface area contributed by atoms with Gasteiger partial charge in [0.1, 0.15) is 11.5 Å². The van der Waals surface area contributed by atoms with Crippen LogP contribution in [0.2, 0.25) is 0 Å². The fourth-order valence-corrected chi connectivity index (χ4v) is 2.43. The molecule has 116 valence electrons. The summed E-state index contributed by atoms with van der Waals surface area (Å²) >= 11 is 0. The molecular formula is C17H19NO4. The zero-order chi connectivity index (χ0) is 15.5. The van der Waals surface area contributed by atoms with E-state index < -0.39 is 0 Å². The van der Waals surface area contributed by atoms with Gasteiger partial charge in [-0.1, -0.05) is 6.07 Å². The molecule has 1 aliphatic heterocycles. The van der Waals surface area contributed by atoms with Crippen LogP contribution < -0.4 is 19.1 Å². The number of benzene rings is 2. The van der Waals surface area contributed by atoms with Crippen molar-refractivity contribution >= 4 is 5.69 Å². The maximum Gasteiger partial charge on any atom is 0.164 e. The second-order valence-corrected chi connectivity index (χ2v) is 5.18. The molecule has 0 radical (unpaired) electrons. The number of methoxy groups -OCH3 is 2. The van der Waals surface area contributed by atoms with Crippen LogP contribution in [-0.2, 0) is 0 Å².